The van der Waals surface area contributed by atoms with Crippen LogP contribution < -0.4 is 15.2 Å². The fourth-order valence-electron chi connectivity index (χ4n) is 4.98. The minimum atomic E-state index is -0.589. The molecule has 6 rings (SSSR count). The molecule has 7 nitrogen and oxygen atoms in total. The summed E-state index contributed by atoms with van der Waals surface area (Å²) in [5.74, 6) is -0.359. The van der Waals surface area contributed by atoms with E-state index in [1.165, 1.54) is 6.07 Å². The molecule has 1 saturated carbocycles. The molecule has 2 bridgehead atoms. The Morgan fingerprint density at radius 1 is 1.03 bits per heavy atom. The molecule has 1 fully saturated rings. The van der Waals surface area contributed by atoms with E-state index in [1.54, 1.807) is 21.8 Å². The Morgan fingerprint density at radius 3 is 2.59 bits per heavy atom. The lowest BCUT2D eigenvalue weighted by Crippen LogP contribution is -2.58. The smallest absolute Gasteiger partial charge is 0.278 e. The van der Waals surface area contributed by atoms with E-state index in [2.05, 4.69) is 0 Å². The number of aromatic hydroxyl groups is 1. The zero-order chi connectivity index (χ0) is 23.4. The van der Waals surface area contributed by atoms with Gasteiger partial charge in [-0.1, -0.05) is 60.1 Å². The summed E-state index contributed by atoms with van der Waals surface area (Å²) in [7, 11) is 0. The van der Waals surface area contributed by atoms with Crippen LogP contribution in [0.25, 0.3) is 0 Å². The third-order valence-corrected chi connectivity index (χ3v) is 7.12. The molecule has 1 amide bonds. The summed E-state index contributed by atoms with van der Waals surface area (Å²) < 4.78 is 7.76. The van der Waals surface area contributed by atoms with Crippen LogP contribution in [0.5, 0.6) is 11.5 Å². The van der Waals surface area contributed by atoms with Crippen molar-refractivity contribution >= 4 is 17.5 Å². The van der Waals surface area contributed by atoms with Crippen LogP contribution in [0.4, 0.5) is 0 Å². The fraction of sp³-hybridized carbons (Fsp3) is 0.231. The minimum Gasteiger partial charge on any atom is -0.502 e. The maximum atomic E-state index is 13.6. The highest BCUT2D eigenvalue weighted by molar-refractivity contribution is 6.32. The molecular weight excluding hydrogens is 454 g/mol. The van der Waals surface area contributed by atoms with Crippen LogP contribution >= 0.6 is 11.6 Å². The van der Waals surface area contributed by atoms with Crippen LogP contribution in [0.3, 0.4) is 0 Å². The largest absolute Gasteiger partial charge is 0.502 e. The molecule has 0 saturated heterocycles. The summed E-state index contributed by atoms with van der Waals surface area (Å²) in [6.45, 7) is 0.558. The molecule has 1 N–H and O–H groups in total. The number of rotatable bonds is 1. The summed E-state index contributed by atoms with van der Waals surface area (Å²) >= 11 is 6.61. The Kier molecular flexibility index (Phi) is 4.71. The SMILES string of the molecule is O=C1c2c(O)c(=O)ccn2N2CN1C1(/C=C\COc3c(Cl)cccc3[C@H]2c2ccccc2)CC1. The molecule has 8 heteroatoms. The van der Waals surface area contributed by atoms with Crippen molar-refractivity contribution in [3.63, 3.8) is 0 Å². The van der Waals surface area contributed by atoms with Gasteiger partial charge < -0.3 is 14.7 Å². The van der Waals surface area contributed by atoms with Crippen molar-refractivity contribution in [1.29, 1.82) is 0 Å². The Hall–Kier alpha value is -3.71. The Balaban J connectivity index is 1.67. The molecule has 3 heterocycles. The van der Waals surface area contributed by atoms with Gasteiger partial charge in [0.05, 0.1) is 10.6 Å². The van der Waals surface area contributed by atoms with Gasteiger partial charge in [-0.05, 0) is 30.5 Å². The normalized spacial score (nSPS) is 21.2. The van der Waals surface area contributed by atoms with Crippen molar-refractivity contribution in [2.24, 2.45) is 0 Å². The third-order valence-electron chi connectivity index (χ3n) is 6.82. The highest BCUT2D eigenvalue weighted by Gasteiger charge is 2.52. The number of carbonyl (C=O) groups is 1. The topological polar surface area (TPSA) is 75.0 Å². The standard InChI is InChI=1S/C26H22ClN3O4/c27-19-9-4-8-18-21(17-6-2-1-3-7-17)30-16-28(26(12-13-26)11-5-15-34-24(18)19)25(33)22-23(32)20(31)10-14-29(22)30/h1-11,14,21,32H,12-13,15-16H2/b11-5-/t21-/m1/s1. The molecule has 1 aliphatic carbocycles. The number of aromatic nitrogens is 1. The van der Waals surface area contributed by atoms with E-state index in [1.807, 2.05) is 59.6 Å². The van der Waals surface area contributed by atoms with E-state index >= 15 is 0 Å². The van der Waals surface area contributed by atoms with E-state index in [9.17, 15) is 14.7 Å². The van der Waals surface area contributed by atoms with Gasteiger partial charge in [0.2, 0.25) is 5.43 Å². The van der Waals surface area contributed by atoms with Crippen molar-refractivity contribution in [2.75, 3.05) is 18.3 Å². The van der Waals surface area contributed by atoms with Crippen LogP contribution in [0.15, 0.2) is 77.7 Å². The van der Waals surface area contributed by atoms with Crippen molar-refractivity contribution < 1.29 is 14.6 Å². The van der Waals surface area contributed by atoms with Crippen LogP contribution in [0.1, 0.15) is 40.5 Å². The van der Waals surface area contributed by atoms with E-state index in [-0.39, 0.29) is 18.3 Å². The first-order valence-electron chi connectivity index (χ1n) is 11.2. The van der Waals surface area contributed by atoms with Crippen molar-refractivity contribution in [3.8, 4) is 11.5 Å². The molecule has 1 atom stereocenters. The second-order valence-corrected chi connectivity index (χ2v) is 9.23. The number of halogens is 1. The summed E-state index contributed by atoms with van der Waals surface area (Å²) in [5.41, 5.74) is 0.656. The number of fused-ring (bicyclic) bond motifs is 6. The summed E-state index contributed by atoms with van der Waals surface area (Å²) in [5, 5.41) is 13.2. The lowest BCUT2D eigenvalue weighted by atomic mass is 9.96. The number of benzene rings is 2. The Morgan fingerprint density at radius 2 is 1.82 bits per heavy atom. The maximum Gasteiger partial charge on any atom is 0.278 e. The zero-order valence-electron chi connectivity index (χ0n) is 18.2. The molecular formula is C26H22ClN3O4. The molecule has 0 unspecified atom stereocenters. The minimum absolute atomic E-state index is 0.0388. The van der Waals surface area contributed by atoms with Crippen molar-refractivity contribution in [1.82, 2.24) is 9.58 Å². The molecule has 3 aliphatic rings. The van der Waals surface area contributed by atoms with Gasteiger partial charge in [0.1, 0.15) is 25.1 Å². The predicted octanol–water partition coefficient (Wildman–Crippen LogP) is 3.83. The number of amides is 1. The summed E-state index contributed by atoms with van der Waals surface area (Å²) in [6.07, 6.45) is 7.04. The lowest BCUT2D eigenvalue weighted by molar-refractivity contribution is 0.0606. The number of ether oxygens (including phenoxy) is 1. The molecule has 3 aromatic rings. The molecule has 2 aliphatic heterocycles. The first-order chi connectivity index (χ1) is 16.5. The van der Waals surface area contributed by atoms with Crippen molar-refractivity contribution in [2.45, 2.75) is 24.4 Å². The van der Waals surface area contributed by atoms with E-state index in [0.717, 1.165) is 24.0 Å². The highest BCUT2D eigenvalue weighted by Crippen LogP contribution is 2.47. The van der Waals surface area contributed by atoms with Crippen LogP contribution in [0.2, 0.25) is 5.02 Å². The Bertz CT molecular complexity index is 1380. The van der Waals surface area contributed by atoms with Gasteiger partial charge in [-0.25, -0.2) is 0 Å². The van der Waals surface area contributed by atoms with Crippen LogP contribution in [0, 0.1) is 0 Å². The number of carbonyl (C=O) groups excluding carboxylic acids is 1. The first-order valence-corrected chi connectivity index (χ1v) is 11.6. The van der Waals surface area contributed by atoms with Crippen molar-refractivity contribution in [3.05, 3.63) is 105 Å². The molecule has 2 aromatic carbocycles. The van der Waals surface area contributed by atoms with Gasteiger partial charge in [0.15, 0.2) is 11.4 Å². The average molecular weight is 476 g/mol. The maximum absolute atomic E-state index is 13.6. The molecule has 34 heavy (non-hydrogen) atoms. The lowest BCUT2D eigenvalue weighted by Gasteiger charge is -2.46. The second kappa shape index (κ2) is 7.67. The van der Waals surface area contributed by atoms with Gasteiger partial charge >= 0.3 is 0 Å². The highest BCUT2D eigenvalue weighted by atomic mass is 35.5. The van der Waals surface area contributed by atoms with Crippen LogP contribution in [-0.2, 0) is 0 Å². The number of hydrogen-bond donors (Lipinski definition) is 1. The molecule has 172 valence electrons. The average Bonchev–Trinajstić information content (AvgIpc) is 3.63. The second-order valence-electron chi connectivity index (χ2n) is 8.82. The van der Waals surface area contributed by atoms with Gasteiger partial charge in [0, 0.05) is 17.8 Å². The van der Waals surface area contributed by atoms with E-state index in [4.69, 9.17) is 16.3 Å². The number of nitrogens with zero attached hydrogens (tertiary/aromatic N) is 3. The predicted molar refractivity (Wildman–Crippen MR) is 128 cm³/mol. The van der Waals surface area contributed by atoms with Gasteiger partial charge in [0.25, 0.3) is 5.91 Å². The molecule has 1 aromatic heterocycles. The number of pyridine rings is 1. The van der Waals surface area contributed by atoms with E-state index in [0.29, 0.717) is 17.4 Å². The number of para-hydroxylation sites is 1. The third kappa shape index (κ3) is 3.11. The van der Waals surface area contributed by atoms with Gasteiger partial charge in [-0.3, -0.25) is 19.3 Å². The fourth-order valence-corrected chi connectivity index (χ4v) is 5.22. The zero-order valence-corrected chi connectivity index (χ0v) is 19.0. The van der Waals surface area contributed by atoms with Gasteiger partial charge in [-0.2, -0.15) is 0 Å². The molecule has 0 radical (unpaired) electrons. The summed E-state index contributed by atoms with van der Waals surface area (Å²) in [6, 6.07) is 16.3. The first kappa shape index (κ1) is 20.9. The quantitative estimate of drug-likeness (QED) is 0.541. The number of hydrogen-bond acceptors (Lipinski definition) is 5. The Labute approximate surface area is 201 Å². The molecule has 1 spiro atoms. The van der Waals surface area contributed by atoms with Gasteiger partial charge in [-0.15, -0.1) is 0 Å². The monoisotopic (exact) mass is 475 g/mol. The van der Waals surface area contributed by atoms with Crippen LogP contribution in [-0.4, -0.2) is 39.4 Å². The summed E-state index contributed by atoms with van der Waals surface area (Å²) in [4.78, 5) is 27.8. The van der Waals surface area contributed by atoms with E-state index < -0.39 is 22.8 Å².